The van der Waals surface area contributed by atoms with Crippen molar-refractivity contribution in [3.8, 4) is 11.3 Å². The van der Waals surface area contributed by atoms with E-state index >= 15 is 0 Å². The summed E-state index contributed by atoms with van der Waals surface area (Å²) in [6.45, 7) is 5.74. The van der Waals surface area contributed by atoms with Crippen molar-refractivity contribution < 1.29 is 14.4 Å². The normalized spacial score (nSPS) is 19.1. The summed E-state index contributed by atoms with van der Waals surface area (Å²) < 4.78 is 0. The molecule has 5 rings (SSSR count). The molecular weight excluding hydrogens is 448 g/mol. The molecule has 34 heavy (non-hydrogen) atoms. The second-order valence-corrected chi connectivity index (χ2v) is 9.37. The van der Waals surface area contributed by atoms with Gasteiger partial charge in [0.2, 0.25) is 11.8 Å². The Labute approximate surface area is 201 Å². The number of rotatable bonds is 6. The summed E-state index contributed by atoms with van der Waals surface area (Å²) in [7, 11) is 0. The molecule has 172 valence electrons. The molecule has 3 aromatic rings. The summed E-state index contributed by atoms with van der Waals surface area (Å²) in [6.07, 6.45) is 2.43. The number of hydrogen-bond donors (Lipinski definition) is 0. The van der Waals surface area contributed by atoms with Crippen molar-refractivity contribution in [3.63, 3.8) is 0 Å². The maximum absolute atomic E-state index is 13.6. The SMILES string of the molecule is C=CCN(C(=O)CN1C(=O)c2ccccc2N2C(=O)CCC12C)c1nc(-c2ccccc2)cs1. The van der Waals surface area contributed by atoms with E-state index in [-0.39, 0.29) is 30.8 Å². The molecule has 1 unspecified atom stereocenters. The van der Waals surface area contributed by atoms with Crippen LogP contribution in [0.25, 0.3) is 11.3 Å². The lowest BCUT2D eigenvalue weighted by Gasteiger charge is -2.48. The lowest BCUT2D eigenvalue weighted by Crippen LogP contribution is -2.64. The van der Waals surface area contributed by atoms with Gasteiger partial charge in [-0.15, -0.1) is 17.9 Å². The van der Waals surface area contributed by atoms with Crippen LogP contribution in [0.2, 0.25) is 0 Å². The molecule has 2 aliphatic heterocycles. The van der Waals surface area contributed by atoms with E-state index in [1.807, 2.05) is 48.7 Å². The van der Waals surface area contributed by atoms with E-state index in [0.29, 0.717) is 29.2 Å². The number of benzene rings is 2. The van der Waals surface area contributed by atoms with Crippen molar-refractivity contribution in [1.82, 2.24) is 9.88 Å². The minimum Gasteiger partial charge on any atom is -0.306 e. The third kappa shape index (κ3) is 3.51. The van der Waals surface area contributed by atoms with E-state index < -0.39 is 5.66 Å². The number of carbonyl (C=O) groups is 3. The van der Waals surface area contributed by atoms with E-state index in [2.05, 4.69) is 11.6 Å². The minimum atomic E-state index is -0.893. The third-order valence-corrected chi connectivity index (χ3v) is 7.31. The van der Waals surface area contributed by atoms with Gasteiger partial charge in [-0.25, -0.2) is 4.98 Å². The van der Waals surface area contributed by atoms with Crippen molar-refractivity contribution in [2.75, 3.05) is 22.9 Å². The van der Waals surface area contributed by atoms with Gasteiger partial charge in [0.1, 0.15) is 12.2 Å². The molecule has 3 heterocycles. The van der Waals surface area contributed by atoms with Crippen LogP contribution in [0.15, 0.2) is 72.6 Å². The molecule has 2 aromatic carbocycles. The van der Waals surface area contributed by atoms with Gasteiger partial charge in [-0.05, 0) is 25.5 Å². The molecule has 0 radical (unpaired) electrons. The summed E-state index contributed by atoms with van der Waals surface area (Å²) in [5.41, 5.74) is 1.89. The third-order valence-electron chi connectivity index (χ3n) is 6.44. The van der Waals surface area contributed by atoms with Gasteiger partial charge in [0.25, 0.3) is 5.91 Å². The number of thiazole rings is 1. The number of carbonyl (C=O) groups excluding carboxylic acids is 3. The monoisotopic (exact) mass is 472 g/mol. The first-order valence-corrected chi connectivity index (χ1v) is 12.0. The van der Waals surface area contributed by atoms with Crippen LogP contribution in [0, 0.1) is 0 Å². The van der Waals surface area contributed by atoms with Crippen LogP contribution in [0.5, 0.6) is 0 Å². The molecule has 1 aromatic heterocycles. The molecular formula is C26H24N4O3S. The van der Waals surface area contributed by atoms with Crippen molar-refractivity contribution >= 4 is 39.9 Å². The summed E-state index contributed by atoms with van der Waals surface area (Å²) in [4.78, 5) is 49.3. The van der Waals surface area contributed by atoms with Crippen molar-refractivity contribution in [1.29, 1.82) is 0 Å². The van der Waals surface area contributed by atoms with Gasteiger partial charge in [-0.1, -0.05) is 48.5 Å². The number of fused-ring (bicyclic) bond motifs is 3. The van der Waals surface area contributed by atoms with Gasteiger partial charge < -0.3 is 4.90 Å². The average molecular weight is 473 g/mol. The highest BCUT2D eigenvalue weighted by Crippen LogP contribution is 2.44. The maximum Gasteiger partial charge on any atom is 0.258 e. The first-order chi connectivity index (χ1) is 16.4. The van der Waals surface area contributed by atoms with Crippen LogP contribution >= 0.6 is 11.3 Å². The second kappa shape index (κ2) is 8.53. The van der Waals surface area contributed by atoms with Gasteiger partial charge in [-0.2, -0.15) is 0 Å². The van der Waals surface area contributed by atoms with Crippen LogP contribution in [0.1, 0.15) is 30.1 Å². The van der Waals surface area contributed by atoms with Gasteiger partial charge in [0.15, 0.2) is 5.13 Å². The largest absolute Gasteiger partial charge is 0.306 e. The highest BCUT2D eigenvalue weighted by Gasteiger charge is 2.53. The summed E-state index contributed by atoms with van der Waals surface area (Å²) in [5, 5.41) is 2.45. The first-order valence-electron chi connectivity index (χ1n) is 11.1. The fourth-order valence-corrected chi connectivity index (χ4v) is 5.57. The molecule has 0 saturated carbocycles. The van der Waals surface area contributed by atoms with Crippen molar-refractivity contribution in [2.45, 2.75) is 25.4 Å². The molecule has 3 amide bonds. The standard InChI is InChI=1S/C26H24N4O3S/c1-3-15-28(25-27-20(17-34-25)18-9-5-4-6-10-18)23(32)16-29-24(33)19-11-7-8-12-21(19)30-22(31)13-14-26(29,30)2/h3-12,17H,1,13-16H2,2H3. The van der Waals surface area contributed by atoms with Gasteiger partial charge >= 0.3 is 0 Å². The number of anilines is 2. The molecule has 0 spiro atoms. The Balaban J connectivity index is 1.46. The summed E-state index contributed by atoms with van der Waals surface area (Å²) >= 11 is 1.37. The number of hydrogen-bond acceptors (Lipinski definition) is 5. The van der Waals surface area contributed by atoms with E-state index in [1.165, 1.54) is 16.2 Å². The number of aromatic nitrogens is 1. The fraction of sp³-hybridized carbons (Fsp3) is 0.231. The Kier molecular flexibility index (Phi) is 5.53. The molecule has 0 aliphatic carbocycles. The Morgan fingerprint density at radius 2 is 1.91 bits per heavy atom. The van der Waals surface area contributed by atoms with Gasteiger partial charge in [0, 0.05) is 23.9 Å². The van der Waals surface area contributed by atoms with Crippen LogP contribution in [0.4, 0.5) is 10.8 Å². The van der Waals surface area contributed by atoms with Gasteiger partial charge in [0.05, 0.1) is 16.9 Å². The zero-order valence-electron chi connectivity index (χ0n) is 18.8. The lowest BCUT2D eigenvalue weighted by atomic mass is 9.98. The topological polar surface area (TPSA) is 73.8 Å². The quantitative estimate of drug-likeness (QED) is 0.501. The maximum atomic E-state index is 13.6. The molecule has 7 nitrogen and oxygen atoms in total. The zero-order valence-corrected chi connectivity index (χ0v) is 19.6. The van der Waals surface area contributed by atoms with Crippen LogP contribution in [-0.2, 0) is 9.59 Å². The second-order valence-electron chi connectivity index (χ2n) is 8.53. The molecule has 0 bridgehead atoms. The Bertz CT molecular complexity index is 1290. The van der Waals surface area contributed by atoms with Crippen molar-refractivity contribution in [3.05, 3.63) is 78.2 Å². The van der Waals surface area contributed by atoms with Crippen LogP contribution in [0.3, 0.4) is 0 Å². The highest BCUT2D eigenvalue weighted by atomic mass is 32.1. The minimum absolute atomic E-state index is 0.0460. The van der Waals surface area contributed by atoms with E-state index in [4.69, 9.17) is 0 Å². The molecule has 1 atom stereocenters. The predicted octanol–water partition coefficient (Wildman–Crippen LogP) is 4.33. The van der Waals surface area contributed by atoms with Crippen LogP contribution in [-0.4, -0.2) is 46.4 Å². The first kappa shape index (κ1) is 22.0. The molecule has 8 heteroatoms. The van der Waals surface area contributed by atoms with Gasteiger partial charge in [-0.3, -0.25) is 24.2 Å². The average Bonchev–Trinajstić information content (AvgIpc) is 3.46. The number of nitrogens with zero attached hydrogens (tertiary/aromatic N) is 4. The Hall–Kier alpha value is -3.78. The Morgan fingerprint density at radius 1 is 1.18 bits per heavy atom. The fourth-order valence-electron chi connectivity index (χ4n) is 4.71. The van der Waals surface area contributed by atoms with Crippen LogP contribution < -0.4 is 9.80 Å². The number of amides is 3. The van der Waals surface area contributed by atoms with E-state index in [0.717, 1.165) is 11.3 Å². The molecule has 0 N–H and O–H groups in total. The molecule has 1 fully saturated rings. The summed E-state index contributed by atoms with van der Waals surface area (Å²) in [6, 6.07) is 16.8. The molecule has 1 saturated heterocycles. The van der Waals surface area contributed by atoms with E-state index in [1.54, 1.807) is 34.1 Å². The van der Waals surface area contributed by atoms with Crippen molar-refractivity contribution in [2.24, 2.45) is 0 Å². The zero-order chi connectivity index (χ0) is 23.9. The Morgan fingerprint density at radius 3 is 2.68 bits per heavy atom. The predicted molar refractivity (Wildman–Crippen MR) is 133 cm³/mol. The summed E-state index contributed by atoms with van der Waals surface area (Å²) in [5.74, 6) is -0.572. The highest BCUT2D eigenvalue weighted by molar-refractivity contribution is 7.14. The van der Waals surface area contributed by atoms with E-state index in [9.17, 15) is 14.4 Å². The number of para-hydroxylation sites is 1. The lowest BCUT2D eigenvalue weighted by molar-refractivity contribution is -0.121. The smallest absolute Gasteiger partial charge is 0.258 e. The molecule has 2 aliphatic rings.